The van der Waals surface area contributed by atoms with E-state index in [1.165, 1.54) is 28.8 Å². The van der Waals surface area contributed by atoms with Crippen LogP contribution in [0.15, 0.2) is 22.1 Å². The first-order chi connectivity index (χ1) is 13.8. The Hall–Kier alpha value is -3.31. The van der Waals surface area contributed by atoms with Gasteiger partial charge in [-0.3, -0.25) is 19.4 Å². The Morgan fingerprint density at radius 2 is 2.10 bits per heavy atom. The third-order valence-corrected chi connectivity index (χ3v) is 5.85. The minimum atomic E-state index is -0.714. The van der Waals surface area contributed by atoms with Crippen LogP contribution in [0.3, 0.4) is 0 Å². The number of aromatic amines is 1. The number of carbonyl (C=O) groups is 2. The van der Waals surface area contributed by atoms with Gasteiger partial charge in [0.15, 0.2) is 0 Å². The third kappa shape index (κ3) is 3.34. The fourth-order valence-electron chi connectivity index (χ4n) is 3.76. The number of nitrogens with zero attached hydrogens (tertiary/aromatic N) is 6. The summed E-state index contributed by atoms with van der Waals surface area (Å²) in [7, 11) is 1.47. The van der Waals surface area contributed by atoms with Gasteiger partial charge in [-0.15, -0.1) is 5.10 Å². The Morgan fingerprint density at radius 3 is 2.76 bits per heavy atom. The summed E-state index contributed by atoms with van der Waals surface area (Å²) in [6.07, 6.45) is 4.76. The molecule has 0 radical (unpaired) electrons. The predicted molar refractivity (Wildman–Crippen MR) is 98.9 cm³/mol. The lowest BCUT2D eigenvalue weighted by molar-refractivity contribution is -0.127. The molecule has 29 heavy (non-hydrogen) atoms. The number of hydrogen-bond acceptors (Lipinski definition) is 7. The first-order valence-corrected chi connectivity index (χ1v) is 9.45. The lowest BCUT2D eigenvalue weighted by Gasteiger charge is -2.24. The second-order valence-electron chi connectivity index (χ2n) is 7.76. The quantitative estimate of drug-likeness (QED) is 0.600. The lowest BCUT2D eigenvalue weighted by atomic mass is 10.00. The van der Waals surface area contributed by atoms with Gasteiger partial charge in [0.1, 0.15) is 17.4 Å². The van der Waals surface area contributed by atoms with Crippen molar-refractivity contribution in [1.82, 2.24) is 40.0 Å². The van der Waals surface area contributed by atoms with E-state index in [0.29, 0.717) is 32.4 Å². The zero-order chi connectivity index (χ0) is 20.8. The van der Waals surface area contributed by atoms with Crippen molar-refractivity contribution in [3.63, 3.8) is 0 Å². The van der Waals surface area contributed by atoms with Crippen molar-refractivity contribution >= 4 is 11.8 Å². The molecule has 2 fully saturated rings. The molecule has 12 heteroatoms. The van der Waals surface area contributed by atoms with Crippen LogP contribution in [0.1, 0.15) is 36.5 Å². The maximum absolute atomic E-state index is 12.8. The molecule has 2 atom stereocenters. The average molecular weight is 402 g/mol. The van der Waals surface area contributed by atoms with Gasteiger partial charge in [0.05, 0.1) is 0 Å². The van der Waals surface area contributed by atoms with Crippen molar-refractivity contribution in [1.29, 1.82) is 0 Å². The van der Waals surface area contributed by atoms with Crippen molar-refractivity contribution in [2.24, 2.45) is 13.0 Å². The monoisotopic (exact) mass is 402 g/mol. The van der Waals surface area contributed by atoms with Crippen molar-refractivity contribution in [2.45, 2.75) is 37.8 Å². The predicted octanol–water partition coefficient (Wildman–Crippen LogP) is -1.78. The summed E-state index contributed by atoms with van der Waals surface area (Å²) < 4.78 is 2.66. The smallest absolute Gasteiger partial charge is 0.328 e. The fourth-order valence-corrected chi connectivity index (χ4v) is 3.76. The van der Waals surface area contributed by atoms with Crippen LogP contribution < -0.4 is 16.6 Å². The van der Waals surface area contributed by atoms with Crippen LogP contribution in [-0.4, -0.2) is 65.6 Å². The van der Waals surface area contributed by atoms with E-state index in [1.54, 1.807) is 4.90 Å². The van der Waals surface area contributed by atoms with Crippen LogP contribution >= 0.6 is 0 Å². The number of aryl methyl sites for hydroxylation is 1. The minimum absolute atomic E-state index is 0.0548. The number of likely N-dealkylation sites (tertiary alicyclic amines) is 1. The number of tetrazole rings is 1. The van der Waals surface area contributed by atoms with Gasteiger partial charge in [-0.05, 0) is 42.5 Å². The molecule has 0 spiro atoms. The Kier molecular flexibility index (Phi) is 4.55. The highest BCUT2D eigenvalue weighted by molar-refractivity contribution is 5.93. The molecule has 154 valence electrons. The molecule has 0 aromatic carbocycles. The van der Waals surface area contributed by atoms with Gasteiger partial charge in [-0.25, -0.2) is 9.48 Å². The summed E-state index contributed by atoms with van der Waals surface area (Å²) in [4.78, 5) is 52.7. The number of rotatable bonds is 5. The summed E-state index contributed by atoms with van der Waals surface area (Å²) in [6.45, 7) is 2.80. The number of H-pyrrole nitrogens is 1. The van der Waals surface area contributed by atoms with Gasteiger partial charge < -0.3 is 14.8 Å². The van der Waals surface area contributed by atoms with Gasteiger partial charge in [0.25, 0.3) is 11.5 Å². The molecule has 4 rings (SSSR count). The molecule has 2 N–H and O–H groups in total. The van der Waals surface area contributed by atoms with E-state index >= 15 is 0 Å². The molecule has 3 heterocycles. The molecule has 2 unspecified atom stereocenters. The second kappa shape index (κ2) is 6.94. The fraction of sp³-hybridized carbons (Fsp3) is 0.588. The van der Waals surface area contributed by atoms with Gasteiger partial charge in [-0.2, -0.15) is 0 Å². The summed E-state index contributed by atoms with van der Waals surface area (Å²) in [5.41, 5.74) is -2.05. The highest BCUT2D eigenvalue weighted by atomic mass is 16.2. The highest BCUT2D eigenvalue weighted by Crippen LogP contribution is 2.43. The van der Waals surface area contributed by atoms with Gasteiger partial charge in [0, 0.05) is 32.4 Å². The number of nitrogens with one attached hydrogen (secondary N) is 2. The van der Waals surface area contributed by atoms with E-state index in [1.807, 2.05) is 6.92 Å². The first kappa shape index (κ1) is 19.0. The van der Waals surface area contributed by atoms with E-state index in [-0.39, 0.29) is 23.4 Å². The second-order valence-corrected chi connectivity index (χ2v) is 7.76. The Balaban J connectivity index is 1.40. The van der Waals surface area contributed by atoms with Gasteiger partial charge >= 0.3 is 5.69 Å². The van der Waals surface area contributed by atoms with Crippen LogP contribution in [0.5, 0.6) is 0 Å². The molecule has 0 bridgehead atoms. The van der Waals surface area contributed by atoms with E-state index in [9.17, 15) is 19.2 Å². The summed E-state index contributed by atoms with van der Waals surface area (Å²) in [5.74, 6) is -0.494. The summed E-state index contributed by atoms with van der Waals surface area (Å²) in [5, 5.41) is 14.1. The molecule has 2 aromatic heterocycles. The standard InChI is InChI=1S/C17H22N8O4/c1-10(19-15(28)17(4-5-17)25-9-18-21-22-25)11-3-6-24(7-11)14(27)12-8-23(2)16(29)20-13(12)26/h8-11H,3-7H2,1-2H3,(H,19,28)(H,20,26,29). The van der Waals surface area contributed by atoms with Crippen molar-refractivity contribution in [3.8, 4) is 0 Å². The molecule has 2 aromatic rings. The number of carbonyl (C=O) groups excluding carboxylic acids is 2. The van der Waals surface area contributed by atoms with Gasteiger partial charge in [0.2, 0.25) is 5.91 Å². The van der Waals surface area contributed by atoms with Crippen molar-refractivity contribution in [3.05, 3.63) is 38.9 Å². The number of amides is 2. The van der Waals surface area contributed by atoms with Crippen LogP contribution in [0.25, 0.3) is 0 Å². The van der Waals surface area contributed by atoms with Crippen molar-refractivity contribution < 1.29 is 9.59 Å². The minimum Gasteiger partial charge on any atom is -0.351 e. The molecule has 1 saturated heterocycles. The summed E-state index contributed by atoms with van der Waals surface area (Å²) >= 11 is 0. The van der Waals surface area contributed by atoms with E-state index in [0.717, 1.165) is 0 Å². The van der Waals surface area contributed by atoms with E-state index in [2.05, 4.69) is 25.8 Å². The largest absolute Gasteiger partial charge is 0.351 e. The number of hydrogen-bond donors (Lipinski definition) is 2. The van der Waals surface area contributed by atoms with Gasteiger partial charge in [-0.1, -0.05) is 0 Å². The Bertz CT molecular complexity index is 1050. The van der Waals surface area contributed by atoms with Crippen molar-refractivity contribution in [2.75, 3.05) is 13.1 Å². The maximum Gasteiger partial charge on any atom is 0.328 e. The molecule has 1 saturated carbocycles. The van der Waals surface area contributed by atoms with E-state index < -0.39 is 22.7 Å². The van der Waals surface area contributed by atoms with Crippen LogP contribution in [0.2, 0.25) is 0 Å². The molecule has 1 aliphatic carbocycles. The molecule has 2 amide bonds. The van der Waals surface area contributed by atoms with Crippen LogP contribution in [0, 0.1) is 5.92 Å². The molecule has 2 aliphatic rings. The Morgan fingerprint density at radius 1 is 1.34 bits per heavy atom. The van der Waals surface area contributed by atoms with Crippen LogP contribution in [0.4, 0.5) is 0 Å². The third-order valence-electron chi connectivity index (χ3n) is 5.85. The molecular formula is C17H22N8O4. The first-order valence-electron chi connectivity index (χ1n) is 9.45. The highest BCUT2D eigenvalue weighted by Gasteiger charge is 2.53. The van der Waals surface area contributed by atoms with Crippen LogP contribution in [-0.2, 0) is 17.4 Å². The summed E-state index contributed by atoms with van der Waals surface area (Å²) in [6, 6.07) is -0.160. The molecule has 12 nitrogen and oxygen atoms in total. The normalized spacial score (nSPS) is 21.0. The topological polar surface area (TPSA) is 148 Å². The lowest BCUT2D eigenvalue weighted by Crippen LogP contribution is -2.46. The maximum atomic E-state index is 12.8. The SMILES string of the molecule is CC(NC(=O)C1(n2cnnn2)CC1)C1CCN(C(=O)c2cn(C)c(=O)[nH]c2=O)C1. The number of aromatic nitrogens is 6. The Labute approximate surface area is 164 Å². The van der Waals surface area contributed by atoms with E-state index in [4.69, 9.17) is 0 Å². The molecular weight excluding hydrogens is 380 g/mol. The zero-order valence-corrected chi connectivity index (χ0v) is 16.2. The average Bonchev–Trinajstić information content (AvgIpc) is 3.10. The molecule has 1 aliphatic heterocycles. The zero-order valence-electron chi connectivity index (χ0n) is 16.2.